The molecule has 0 aliphatic carbocycles. The van der Waals surface area contributed by atoms with Gasteiger partial charge in [-0.25, -0.2) is 8.42 Å². The van der Waals surface area contributed by atoms with Gasteiger partial charge in [0.1, 0.15) is 5.76 Å². The first-order valence-corrected chi connectivity index (χ1v) is 11.2. The van der Waals surface area contributed by atoms with Crippen LogP contribution in [-0.2, 0) is 21.2 Å². The predicted octanol–water partition coefficient (Wildman–Crippen LogP) is 1.53. The molecule has 25 heavy (non-hydrogen) atoms. The van der Waals surface area contributed by atoms with E-state index in [1.54, 1.807) is 13.2 Å². The van der Waals surface area contributed by atoms with Gasteiger partial charge in [0.2, 0.25) is 11.0 Å². The summed E-state index contributed by atoms with van der Waals surface area (Å²) in [6, 6.07) is 3.67. The maximum Gasteiger partial charge on any atom is 0.230 e. The first kappa shape index (κ1) is 18.2. The van der Waals surface area contributed by atoms with Crippen molar-refractivity contribution >= 4 is 44.0 Å². The van der Waals surface area contributed by atoms with E-state index < -0.39 is 15.4 Å². The summed E-state index contributed by atoms with van der Waals surface area (Å²) in [5.41, 5.74) is -0.673. The number of hydrogen-bond donors (Lipinski definition) is 2. The summed E-state index contributed by atoms with van der Waals surface area (Å²) in [6.45, 7) is 2.28. The van der Waals surface area contributed by atoms with Gasteiger partial charge in [0.05, 0.1) is 35.6 Å². The molecule has 2 N–H and O–H groups in total. The molecule has 0 aromatic carbocycles. The lowest BCUT2D eigenvalue weighted by Gasteiger charge is -2.23. The molecule has 3 rings (SSSR count). The van der Waals surface area contributed by atoms with Crippen molar-refractivity contribution in [3.8, 4) is 0 Å². The first-order chi connectivity index (χ1) is 11.8. The number of sulfone groups is 1. The molecule has 1 amide bonds. The van der Waals surface area contributed by atoms with Crippen molar-refractivity contribution in [2.75, 3.05) is 22.6 Å². The van der Waals surface area contributed by atoms with Gasteiger partial charge >= 0.3 is 0 Å². The van der Waals surface area contributed by atoms with E-state index in [-0.39, 0.29) is 23.2 Å². The van der Waals surface area contributed by atoms with Gasteiger partial charge < -0.3 is 15.1 Å². The van der Waals surface area contributed by atoms with Crippen LogP contribution in [0.25, 0.3) is 0 Å². The molecule has 11 heteroatoms. The van der Waals surface area contributed by atoms with E-state index in [9.17, 15) is 13.2 Å². The van der Waals surface area contributed by atoms with Crippen LogP contribution in [0.5, 0.6) is 0 Å². The Labute approximate surface area is 153 Å². The fraction of sp³-hybridized carbons (Fsp3) is 0.500. The van der Waals surface area contributed by atoms with Crippen molar-refractivity contribution < 1.29 is 17.6 Å². The third kappa shape index (κ3) is 5.19. The summed E-state index contributed by atoms with van der Waals surface area (Å²) in [5, 5.41) is 14.6. The Bertz CT molecular complexity index is 834. The second-order valence-electron chi connectivity index (χ2n) is 6.05. The Hall–Kier alpha value is -1.59. The van der Waals surface area contributed by atoms with Gasteiger partial charge in [-0.2, -0.15) is 0 Å². The molecule has 2 aromatic rings. The van der Waals surface area contributed by atoms with Crippen LogP contribution in [0.1, 0.15) is 19.1 Å². The molecule has 1 aliphatic heterocycles. The summed E-state index contributed by atoms with van der Waals surface area (Å²) in [7, 11) is -3.05. The van der Waals surface area contributed by atoms with E-state index in [4.69, 9.17) is 4.42 Å². The number of hydrogen-bond acceptors (Lipinski definition) is 9. The average molecular weight is 403 g/mol. The van der Waals surface area contributed by atoms with E-state index in [0.717, 1.165) is 5.76 Å². The van der Waals surface area contributed by atoms with Crippen LogP contribution in [0, 0.1) is 0 Å². The van der Waals surface area contributed by atoms with Crippen molar-refractivity contribution in [3.05, 3.63) is 24.2 Å². The van der Waals surface area contributed by atoms with Crippen molar-refractivity contribution in [1.29, 1.82) is 0 Å². The number of rotatable bonds is 7. The quantitative estimate of drug-likeness (QED) is 0.670. The van der Waals surface area contributed by atoms with E-state index in [0.29, 0.717) is 22.4 Å². The molecule has 1 aliphatic rings. The number of thioether (sulfide) groups is 1. The Kier molecular flexibility index (Phi) is 5.35. The summed E-state index contributed by atoms with van der Waals surface area (Å²) in [4.78, 5) is 12.1. The van der Waals surface area contributed by atoms with Crippen molar-refractivity contribution in [2.24, 2.45) is 0 Å². The standard InChI is InChI=1S/C14H18N4O4S3/c1-14(4-6-25(20,21)9-14)16-11(19)8-23-13-18-17-12(24-13)15-7-10-3-2-5-22-10/h2-3,5H,4,6-9H2,1H3,(H,15,17)(H,16,19)/t14-/m1/s1. The molecule has 1 fully saturated rings. The van der Waals surface area contributed by atoms with Crippen LogP contribution in [0.4, 0.5) is 5.13 Å². The maximum atomic E-state index is 12.1. The van der Waals surface area contributed by atoms with Crippen LogP contribution in [0.2, 0.25) is 0 Å². The predicted molar refractivity (Wildman–Crippen MR) is 96.5 cm³/mol. The largest absolute Gasteiger partial charge is 0.467 e. The molecule has 1 saturated heterocycles. The number of carbonyl (C=O) groups excluding carboxylic acids is 1. The molecule has 0 saturated carbocycles. The van der Waals surface area contributed by atoms with E-state index in [1.807, 2.05) is 12.1 Å². The zero-order valence-corrected chi connectivity index (χ0v) is 16.0. The Morgan fingerprint density at radius 2 is 2.32 bits per heavy atom. The molecule has 2 aromatic heterocycles. The number of furan rings is 1. The fourth-order valence-electron chi connectivity index (χ4n) is 2.52. The average Bonchev–Trinajstić information content (AvgIpc) is 3.24. The lowest BCUT2D eigenvalue weighted by atomic mass is 10.0. The molecule has 1 atom stereocenters. The van der Waals surface area contributed by atoms with Gasteiger partial charge in [0.15, 0.2) is 14.2 Å². The lowest BCUT2D eigenvalue weighted by Crippen LogP contribution is -2.47. The summed E-state index contributed by atoms with van der Waals surface area (Å²) < 4.78 is 29.0. The first-order valence-electron chi connectivity index (χ1n) is 7.58. The third-order valence-corrected chi connectivity index (χ3v) is 7.59. The molecular formula is C14H18N4O4S3. The Morgan fingerprint density at radius 1 is 1.48 bits per heavy atom. The molecular weight excluding hydrogens is 384 g/mol. The highest BCUT2D eigenvalue weighted by Crippen LogP contribution is 2.27. The zero-order valence-electron chi connectivity index (χ0n) is 13.5. The monoisotopic (exact) mass is 402 g/mol. The second-order valence-corrected chi connectivity index (χ2v) is 10.4. The minimum absolute atomic E-state index is 0.00391. The van der Waals surface area contributed by atoms with Gasteiger partial charge in [-0.05, 0) is 25.5 Å². The van der Waals surface area contributed by atoms with Gasteiger partial charge in [0, 0.05) is 0 Å². The molecule has 8 nitrogen and oxygen atoms in total. The number of nitrogens with zero attached hydrogens (tertiary/aromatic N) is 2. The normalized spacial score (nSPS) is 22.0. The van der Waals surface area contributed by atoms with Crippen molar-refractivity contribution in [3.63, 3.8) is 0 Å². The van der Waals surface area contributed by atoms with E-state index in [1.165, 1.54) is 23.1 Å². The number of carbonyl (C=O) groups is 1. The number of aromatic nitrogens is 2. The molecule has 3 heterocycles. The third-order valence-electron chi connectivity index (χ3n) is 3.67. The minimum atomic E-state index is -3.05. The molecule has 136 valence electrons. The van der Waals surface area contributed by atoms with Crippen LogP contribution in [0.15, 0.2) is 27.2 Å². The topological polar surface area (TPSA) is 114 Å². The summed E-state index contributed by atoms with van der Waals surface area (Å²) in [6.07, 6.45) is 2.05. The Morgan fingerprint density at radius 3 is 3.00 bits per heavy atom. The lowest BCUT2D eigenvalue weighted by molar-refractivity contribution is -0.120. The van der Waals surface area contributed by atoms with Crippen LogP contribution in [-0.4, -0.2) is 47.3 Å². The van der Waals surface area contributed by atoms with Crippen molar-refractivity contribution in [1.82, 2.24) is 15.5 Å². The van der Waals surface area contributed by atoms with Crippen LogP contribution < -0.4 is 10.6 Å². The van der Waals surface area contributed by atoms with E-state index in [2.05, 4.69) is 20.8 Å². The Balaban J connectivity index is 1.45. The molecule has 0 spiro atoms. The van der Waals surface area contributed by atoms with Gasteiger partial charge in [-0.15, -0.1) is 10.2 Å². The fourth-order valence-corrected chi connectivity index (χ4v) is 6.17. The number of amides is 1. The molecule has 0 unspecified atom stereocenters. The smallest absolute Gasteiger partial charge is 0.230 e. The van der Waals surface area contributed by atoms with Gasteiger partial charge in [-0.3, -0.25) is 4.79 Å². The van der Waals surface area contributed by atoms with Gasteiger partial charge in [-0.1, -0.05) is 23.1 Å². The highest BCUT2D eigenvalue weighted by atomic mass is 32.2. The van der Waals surface area contributed by atoms with E-state index >= 15 is 0 Å². The van der Waals surface area contributed by atoms with Crippen LogP contribution in [0.3, 0.4) is 0 Å². The number of nitrogens with one attached hydrogen (secondary N) is 2. The minimum Gasteiger partial charge on any atom is -0.467 e. The summed E-state index contributed by atoms with van der Waals surface area (Å²) in [5.74, 6) is 0.879. The van der Waals surface area contributed by atoms with Crippen molar-refractivity contribution in [2.45, 2.75) is 29.8 Å². The summed E-state index contributed by atoms with van der Waals surface area (Å²) >= 11 is 2.63. The second kappa shape index (κ2) is 7.34. The SMILES string of the molecule is C[C@@]1(NC(=O)CSc2nnc(NCc3ccco3)s2)CCS(=O)(=O)C1. The van der Waals surface area contributed by atoms with Crippen LogP contribution >= 0.6 is 23.1 Å². The molecule has 0 bridgehead atoms. The van der Waals surface area contributed by atoms with Gasteiger partial charge in [0.25, 0.3) is 0 Å². The number of anilines is 1. The zero-order chi connectivity index (χ0) is 17.9. The highest BCUT2D eigenvalue weighted by molar-refractivity contribution is 8.01. The highest BCUT2D eigenvalue weighted by Gasteiger charge is 2.39. The molecule has 0 radical (unpaired) electrons. The maximum absolute atomic E-state index is 12.1.